The first-order valence-electron chi connectivity index (χ1n) is 14.6. The number of aromatic nitrogens is 2. The minimum absolute atomic E-state index is 0.229. The van der Waals surface area contributed by atoms with E-state index in [-0.39, 0.29) is 4.90 Å². The highest BCUT2D eigenvalue weighted by atomic mass is 32.2. The van der Waals surface area contributed by atoms with Gasteiger partial charge in [0.05, 0.1) is 21.8 Å². The van der Waals surface area contributed by atoms with Crippen molar-refractivity contribution in [3.05, 3.63) is 72.8 Å². The van der Waals surface area contributed by atoms with E-state index in [2.05, 4.69) is 20.3 Å². The molecule has 0 bridgehead atoms. The molecule has 2 N–H and O–H groups in total. The minimum Gasteiger partial charge on any atom is -0.378 e. The third-order valence-electron chi connectivity index (χ3n) is 7.88. The summed E-state index contributed by atoms with van der Waals surface area (Å²) in [6.07, 6.45) is 4.02. The zero-order valence-electron chi connectivity index (χ0n) is 25.2. The molecule has 4 aromatic rings. The molecule has 3 aromatic carbocycles. The molecule has 10 nitrogen and oxygen atoms in total. The Kier molecular flexibility index (Phi) is 9.52. The lowest BCUT2D eigenvalue weighted by Crippen LogP contribution is -2.32. The number of rotatable bonds is 11. The molecule has 0 spiro atoms. The van der Waals surface area contributed by atoms with Crippen molar-refractivity contribution < 1.29 is 8.42 Å². The third-order valence-corrected chi connectivity index (χ3v) is 9.32. The van der Waals surface area contributed by atoms with E-state index in [4.69, 9.17) is 9.97 Å². The second-order valence-electron chi connectivity index (χ2n) is 11.5. The first-order chi connectivity index (χ1) is 20.7. The Bertz CT molecular complexity index is 1650. The van der Waals surface area contributed by atoms with Gasteiger partial charge in [0.25, 0.3) is 0 Å². The second-order valence-corrected chi connectivity index (χ2v) is 13.3. The Balaban J connectivity index is 1.08. The molecule has 226 valence electrons. The van der Waals surface area contributed by atoms with E-state index in [1.165, 1.54) is 0 Å². The van der Waals surface area contributed by atoms with E-state index in [0.717, 1.165) is 60.3 Å². The zero-order chi connectivity index (χ0) is 30.4. The van der Waals surface area contributed by atoms with Crippen molar-refractivity contribution in [2.45, 2.75) is 30.6 Å². The average Bonchev–Trinajstić information content (AvgIpc) is 3.02. The van der Waals surface area contributed by atoms with Crippen molar-refractivity contribution >= 4 is 49.8 Å². The molecule has 0 unspecified atom stereocenters. The number of nitrogens with zero attached hydrogens (tertiary/aromatic N) is 6. The maximum atomic E-state index is 12.9. The molecule has 1 aliphatic carbocycles. The van der Waals surface area contributed by atoms with Crippen LogP contribution in [0.4, 0.5) is 28.8 Å². The van der Waals surface area contributed by atoms with E-state index in [0.29, 0.717) is 30.0 Å². The lowest BCUT2D eigenvalue weighted by Gasteiger charge is -2.28. The molecule has 5 rings (SSSR count). The maximum Gasteiger partial charge on any atom is 0.240 e. The SMILES string of the molecule is CN(C)c1ccc(N=Nc2ccc(S(=O)(=O)NCC3CCC(CNc4nc(N(C)C)c5ccccc5n4)CC3)cc2)cc1. The number of hydrogen-bond acceptors (Lipinski definition) is 9. The summed E-state index contributed by atoms with van der Waals surface area (Å²) in [4.78, 5) is 13.7. The summed E-state index contributed by atoms with van der Waals surface area (Å²) in [6, 6.07) is 22.3. The molecule has 43 heavy (non-hydrogen) atoms. The molecule has 0 atom stereocenters. The number of fused-ring (bicyclic) bond motifs is 1. The van der Waals surface area contributed by atoms with Crippen LogP contribution < -0.4 is 19.8 Å². The number of para-hydroxylation sites is 1. The predicted molar refractivity (Wildman–Crippen MR) is 174 cm³/mol. The Morgan fingerprint density at radius 1 is 0.744 bits per heavy atom. The van der Waals surface area contributed by atoms with Crippen LogP contribution >= 0.6 is 0 Å². The number of sulfonamides is 1. The Morgan fingerprint density at radius 2 is 1.33 bits per heavy atom. The minimum atomic E-state index is -3.61. The summed E-state index contributed by atoms with van der Waals surface area (Å²) in [5, 5.41) is 13.0. The molecule has 0 aliphatic heterocycles. The van der Waals surface area contributed by atoms with Crippen LogP contribution in [0.25, 0.3) is 10.9 Å². The van der Waals surface area contributed by atoms with Crippen LogP contribution in [-0.2, 0) is 10.0 Å². The number of azo groups is 1. The first kappa shape index (κ1) is 30.4. The zero-order valence-corrected chi connectivity index (χ0v) is 26.1. The van der Waals surface area contributed by atoms with Gasteiger partial charge in [0.15, 0.2) is 0 Å². The van der Waals surface area contributed by atoms with Gasteiger partial charge in [-0.25, -0.2) is 18.1 Å². The maximum absolute atomic E-state index is 12.9. The molecule has 1 aromatic heterocycles. The summed E-state index contributed by atoms with van der Waals surface area (Å²) in [5.74, 6) is 2.35. The molecule has 11 heteroatoms. The highest BCUT2D eigenvalue weighted by molar-refractivity contribution is 7.89. The van der Waals surface area contributed by atoms with Crippen LogP contribution in [0.3, 0.4) is 0 Å². The van der Waals surface area contributed by atoms with Gasteiger partial charge in [-0.3, -0.25) is 0 Å². The van der Waals surface area contributed by atoms with Crippen molar-refractivity contribution in [3.63, 3.8) is 0 Å². The first-order valence-corrected chi connectivity index (χ1v) is 16.1. The molecule has 0 radical (unpaired) electrons. The smallest absolute Gasteiger partial charge is 0.240 e. The average molecular weight is 601 g/mol. The normalized spacial score (nSPS) is 17.3. The van der Waals surface area contributed by atoms with E-state index < -0.39 is 10.0 Å². The number of anilines is 3. The Labute approximate surface area is 254 Å². The molecular weight excluding hydrogens is 560 g/mol. The van der Waals surface area contributed by atoms with E-state index in [1.807, 2.05) is 86.5 Å². The molecule has 0 saturated heterocycles. The lowest BCUT2D eigenvalue weighted by molar-refractivity contribution is 0.284. The van der Waals surface area contributed by atoms with Gasteiger partial charge < -0.3 is 15.1 Å². The number of nitrogens with one attached hydrogen (secondary N) is 2. The monoisotopic (exact) mass is 600 g/mol. The molecular formula is C32H40N8O2S. The van der Waals surface area contributed by atoms with Crippen LogP contribution in [0.2, 0.25) is 0 Å². The van der Waals surface area contributed by atoms with Crippen molar-refractivity contribution in [2.75, 3.05) is 56.4 Å². The van der Waals surface area contributed by atoms with Gasteiger partial charge in [-0.2, -0.15) is 15.2 Å². The summed E-state index contributed by atoms with van der Waals surface area (Å²) >= 11 is 0. The van der Waals surface area contributed by atoms with Crippen molar-refractivity contribution in [1.82, 2.24) is 14.7 Å². The lowest BCUT2D eigenvalue weighted by atomic mass is 9.82. The summed E-state index contributed by atoms with van der Waals surface area (Å²) in [6.45, 7) is 1.24. The van der Waals surface area contributed by atoms with Gasteiger partial charge in [0.2, 0.25) is 16.0 Å². The van der Waals surface area contributed by atoms with Crippen molar-refractivity contribution in [2.24, 2.45) is 22.1 Å². The van der Waals surface area contributed by atoms with Gasteiger partial charge in [-0.1, -0.05) is 12.1 Å². The van der Waals surface area contributed by atoms with Gasteiger partial charge in [-0.15, -0.1) is 0 Å². The summed E-state index contributed by atoms with van der Waals surface area (Å²) in [5.41, 5.74) is 3.33. The van der Waals surface area contributed by atoms with Crippen LogP contribution in [0.15, 0.2) is 87.9 Å². The quantitative estimate of drug-likeness (QED) is 0.192. The van der Waals surface area contributed by atoms with Crippen LogP contribution in [-0.4, -0.2) is 59.7 Å². The largest absolute Gasteiger partial charge is 0.378 e. The van der Waals surface area contributed by atoms with Crippen LogP contribution in [0, 0.1) is 11.8 Å². The van der Waals surface area contributed by atoms with Gasteiger partial charge in [0.1, 0.15) is 5.82 Å². The second kappa shape index (κ2) is 13.5. The highest BCUT2D eigenvalue weighted by Crippen LogP contribution is 2.30. The molecule has 0 amide bonds. The summed E-state index contributed by atoms with van der Waals surface area (Å²) in [7, 11) is 4.34. The number of benzene rings is 3. The predicted octanol–water partition coefficient (Wildman–Crippen LogP) is 6.37. The van der Waals surface area contributed by atoms with E-state index in [1.54, 1.807) is 24.3 Å². The van der Waals surface area contributed by atoms with E-state index in [9.17, 15) is 8.42 Å². The summed E-state index contributed by atoms with van der Waals surface area (Å²) < 4.78 is 28.7. The molecule has 1 fully saturated rings. The molecule has 1 saturated carbocycles. The van der Waals surface area contributed by atoms with E-state index >= 15 is 0 Å². The topological polar surface area (TPSA) is 115 Å². The van der Waals surface area contributed by atoms with Gasteiger partial charge in [-0.05, 0) is 98.2 Å². The highest BCUT2D eigenvalue weighted by Gasteiger charge is 2.24. The van der Waals surface area contributed by atoms with Crippen LogP contribution in [0.1, 0.15) is 25.7 Å². The van der Waals surface area contributed by atoms with Crippen LogP contribution in [0.5, 0.6) is 0 Å². The van der Waals surface area contributed by atoms with Gasteiger partial charge in [0, 0.05) is 52.4 Å². The third kappa shape index (κ3) is 7.85. The standard InChI is InChI=1S/C32H40N8O2S/c1-39(2)27-17-13-25(14-18-27)37-38-26-15-19-28(20-16-26)43(41,42)34-22-24-11-9-23(10-12-24)21-33-32-35-30-8-6-5-7-29(30)31(36-32)40(3)4/h5-8,13-20,23-24,34H,9-12,21-22H2,1-4H3,(H,33,35,36). The number of hydrogen-bond donors (Lipinski definition) is 2. The van der Waals surface area contributed by atoms with Gasteiger partial charge >= 0.3 is 0 Å². The Hall–Kier alpha value is -4.09. The fourth-order valence-corrected chi connectivity index (χ4v) is 6.41. The van der Waals surface area contributed by atoms with Crippen molar-refractivity contribution in [3.8, 4) is 0 Å². The fraction of sp³-hybridized carbons (Fsp3) is 0.375. The van der Waals surface area contributed by atoms with Crippen molar-refractivity contribution in [1.29, 1.82) is 0 Å². The fourth-order valence-electron chi connectivity index (χ4n) is 5.29. The molecule has 1 heterocycles. The Morgan fingerprint density at radius 3 is 1.93 bits per heavy atom. The molecule has 1 aliphatic rings.